The van der Waals surface area contributed by atoms with E-state index in [1.807, 2.05) is 24.3 Å². The monoisotopic (exact) mass is 378 g/mol. The zero-order chi connectivity index (χ0) is 16.7. The molecule has 2 aromatic heterocycles. The van der Waals surface area contributed by atoms with Gasteiger partial charge < -0.3 is 0 Å². The van der Waals surface area contributed by atoms with E-state index in [1.165, 1.54) is 23.5 Å². The van der Waals surface area contributed by atoms with E-state index in [1.54, 1.807) is 10.6 Å². The highest BCUT2D eigenvalue weighted by Gasteiger charge is 2.15. The molecule has 0 spiro atoms. The zero-order valence-corrected chi connectivity index (χ0v) is 14.4. The number of aromatic nitrogens is 4. The molecule has 4 nitrogen and oxygen atoms in total. The van der Waals surface area contributed by atoms with Gasteiger partial charge in [0.05, 0.1) is 5.02 Å². The Bertz CT molecular complexity index is 1030. The second-order valence-corrected chi connectivity index (χ2v) is 7.03. The fraction of sp³-hybridized carbons (Fsp3) is 0.0625. The van der Waals surface area contributed by atoms with Crippen molar-refractivity contribution in [2.45, 2.75) is 6.42 Å². The summed E-state index contributed by atoms with van der Waals surface area (Å²) in [7, 11) is 0. The van der Waals surface area contributed by atoms with E-state index in [0.717, 1.165) is 10.6 Å². The summed E-state index contributed by atoms with van der Waals surface area (Å²) in [4.78, 5) is 0.675. The molecule has 0 radical (unpaired) electrons. The molecule has 0 N–H and O–H groups in total. The van der Waals surface area contributed by atoms with Crippen molar-refractivity contribution in [3.8, 4) is 11.4 Å². The van der Waals surface area contributed by atoms with Crippen molar-refractivity contribution in [1.29, 1.82) is 0 Å². The molecule has 0 bridgehead atoms. The lowest BCUT2D eigenvalue weighted by molar-refractivity contribution is 0.628. The van der Waals surface area contributed by atoms with Gasteiger partial charge in [-0.2, -0.15) is 9.61 Å². The van der Waals surface area contributed by atoms with E-state index in [9.17, 15) is 4.39 Å². The Labute approximate surface area is 150 Å². The highest BCUT2D eigenvalue weighted by molar-refractivity contribution is 7.16. The van der Waals surface area contributed by atoms with Crippen LogP contribution >= 0.6 is 34.5 Å². The molecule has 0 aliphatic rings. The Morgan fingerprint density at radius 2 is 1.83 bits per heavy atom. The summed E-state index contributed by atoms with van der Waals surface area (Å²) in [5, 5.41) is 14.5. The van der Waals surface area contributed by atoms with Crippen LogP contribution in [0.5, 0.6) is 0 Å². The lowest BCUT2D eigenvalue weighted by atomic mass is 10.2. The van der Waals surface area contributed by atoms with E-state index in [4.69, 9.17) is 23.2 Å². The van der Waals surface area contributed by atoms with Gasteiger partial charge in [-0.1, -0.05) is 46.7 Å². The largest absolute Gasteiger partial charge is 0.234 e. The van der Waals surface area contributed by atoms with E-state index in [0.29, 0.717) is 27.8 Å². The molecule has 24 heavy (non-hydrogen) atoms. The van der Waals surface area contributed by atoms with Gasteiger partial charge in [0.15, 0.2) is 5.82 Å². The van der Waals surface area contributed by atoms with Gasteiger partial charge in [0.25, 0.3) is 0 Å². The number of nitrogens with zero attached hydrogens (tertiary/aromatic N) is 4. The minimum atomic E-state index is -0.470. The van der Waals surface area contributed by atoms with Crippen molar-refractivity contribution >= 4 is 39.5 Å². The topological polar surface area (TPSA) is 43.1 Å². The molecule has 0 saturated heterocycles. The highest BCUT2D eigenvalue weighted by atomic mass is 35.5. The van der Waals surface area contributed by atoms with Crippen LogP contribution < -0.4 is 0 Å². The standard InChI is InChI=1S/C16H9Cl2FN4S/c17-11-4-1-9(2-5-11)7-14-22-23-15(20-21-16(23)24-14)10-3-6-13(19)12(18)8-10/h1-6,8H,7H2. The minimum Gasteiger partial charge on any atom is -0.205 e. The van der Waals surface area contributed by atoms with Crippen LogP contribution in [-0.4, -0.2) is 19.8 Å². The molecular weight excluding hydrogens is 370 g/mol. The minimum absolute atomic E-state index is 0.0425. The summed E-state index contributed by atoms with van der Waals surface area (Å²) in [6, 6.07) is 12.1. The number of rotatable bonds is 3. The Morgan fingerprint density at radius 3 is 2.58 bits per heavy atom. The first-order chi connectivity index (χ1) is 11.6. The molecule has 2 aromatic carbocycles. The van der Waals surface area contributed by atoms with Crippen molar-refractivity contribution in [2.24, 2.45) is 0 Å². The van der Waals surface area contributed by atoms with Crippen LogP contribution in [0.15, 0.2) is 42.5 Å². The van der Waals surface area contributed by atoms with Gasteiger partial charge in [-0.3, -0.25) is 0 Å². The van der Waals surface area contributed by atoms with Crippen molar-refractivity contribution in [3.05, 3.63) is 68.9 Å². The summed E-state index contributed by atoms with van der Waals surface area (Å²) in [6.45, 7) is 0. The number of benzene rings is 2. The van der Waals surface area contributed by atoms with Crippen LogP contribution in [0, 0.1) is 5.82 Å². The average Bonchev–Trinajstić information content (AvgIpc) is 3.12. The zero-order valence-electron chi connectivity index (χ0n) is 12.1. The Morgan fingerprint density at radius 1 is 1.04 bits per heavy atom. The number of fused-ring (bicyclic) bond motifs is 1. The highest BCUT2D eigenvalue weighted by Crippen LogP contribution is 2.26. The van der Waals surface area contributed by atoms with Crippen LogP contribution in [0.25, 0.3) is 16.3 Å². The molecule has 8 heteroatoms. The molecule has 0 fully saturated rings. The molecular formula is C16H9Cl2FN4S. The number of hydrogen-bond donors (Lipinski definition) is 0. The Balaban J connectivity index is 1.70. The smallest absolute Gasteiger partial charge is 0.205 e. The van der Waals surface area contributed by atoms with Crippen molar-refractivity contribution in [2.75, 3.05) is 0 Å². The third-order valence-corrected chi connectivity index (χ3v) is 4.92. The third kappa shape index (κ3) is 2.88. The first-order valence-corrected chi connectivity index (χ1v) is 8.58. The second kappa shape index (κ2) is 6.12. The maximum Gasteiger partial charge on any atom is 0.234 e. The third-order valence-electron chi connectivity index (χ3n) is 3.48. The van der Waals surface area contributed by atoms with E-state index in [2.05, 4.69) is 15.3 Å². The van der Waals surface area contributed by atoms with Crippen LogP contribution in [0.2, 0.25) is 10.0 Å². The van der Waals surface area contributed by atoms with E-state index in [-0.39, 0.29) is 5.02 Å². The maximum atomic E-state index is 13.3. The van der Waals surface area contributed by atoms with Gasteiger partial charge in [0.1, 0.15) is 10.8 Å². The van der Waals surface area contributed by atoms with Crippen LogP contribution in [0.3, 0.4) is 0 Å². The molecule has 120 valence electrons. The molecule has 0 amide bonds. The fourth-order valence-electron chi connectivity index (χ4n) is 2.32. The van der Waals surface area contributed by atoms with Gasteiger partial charge >= 0.3 is 0 Å². The molecule has 0 atom stereocenters. The van der Waals surface area contributed by atoms with Crippen molar-refractivity contribution < 1.29 is 4.39 Å². The predicted octanol–water partition coefficient (Wildman–Crippen LogP) is 4.89. The molecule has 4 rings (SSSR count). The number of halogens is 3. The molecule has 4 aromatic rings. The van der Waals surface area contributed by atoms with Gasteiger partial charge in [-0.15, -0.1) is 10.2 Å². The quantitative estimate of drug-likeness (QED) is 0.509. The van der Waals surface area contributed by atoms with E-state index >= 15 is 0 Å². The van der Waals surface area contributed by atoms with E-state index < -0.39 is 5.82 Å². The lowest BCUT2D eigenvalue weighted by Gasteiger charge is -1.99. The molecule has 0 unspecified atom stereocenters. The van der Waals surface area contributed by atoms with Crippen molar-refractivity contribution in [1.82, 2.24) is 19.8 Å². The van der Waals surface area contributed by atoms with Gasteiger partial charge in [0.2, 0.25) is 4.96 Å². The summed E-state index contributed by atoms with van der Waals surface area (Å²) in [5.74, 6) is 0.0633. The number of hydrogen-bond acceptors (Lipinski definition) is 4. The fourth-order valence-corrected chi connectivity index (χ4v) is 3.49. The molecule has 0 saturated carbocycles. The first kappa shape index (κ1) is 15.5. The van der Waals surface area contributed by atoms with Gasteiger partial charge in [0, 0.05) is 17.0 Å². The summed E-state index contributed by atoms with van der Waals surface area (Å²) < 4.78 is 15.0. The molecule has 2 heterocycles. The first-order valence-electron chi connectivity index (χ1n) is 7.01. The summed E-state index contributed by atoms with van der Waals surface area (Å²) in [6.07, 6.45) is 0.675. The lowest BCUT2D eigenvalue weighted by Crippen LogP contribution is -1.94. The van der Waals surface area contributed by atoms with Gasteiger partial charge in [-0.05, 0) is 35.9 Å². The second-order valence-electron chi connectivity index (χ2n) is 5.15. The molecule has 0 aliphatic heterocycles. The maximum absolute atomic E-state index is 13.3. The Kier molecular flexibility index (Phi) is 3.96. The van der Waals surface area contributed by atoms with Crippen LogP contribution in [0.4, 0.5) is 4.39 Å². The summed E-state index contributed by atoms with van der Waals surface area (Å²) >= 11 is 13.2. The van der Waals surface area contributed by atoms with Crippen LogP contribution in [-0.2, 0) is 6.42 Å². The SMILES string of the molecule is Fc1ccc(-c2nnc3sc(Cc4ccc(Cl)cc4)nn23)cc1Cl. The summed E-state index contributed by atoms with van der Waals surface area (Å²) in [5.41, 5.74) is 1.77. The van der Waals surface area contributed by atoms with Gasteiger partial charge in [-0.25, -0.2) is 4.39 Å². The Hall–Kier alpha value is -2.02. The predicted molar refractivity (Wildman–Crippen MR) is 93.3 cm³/mol. The van der Waals surface area contributed by atoms with Crippen molar-refractivity contribution in [3.63, 3.8) is 0 Å². The van der Waals surface area contributed by atoms with Crippen LogP contribution in [0.1, 0.15) is 10.6 Å². The molecule has 0 aliphatic carbocycles. The normalized spacial score (nSPS) is 11.3. The average molecular weight is 379 g/mol.